The summed E-state index contributed by atoms with van der Waals surface area (Å²) in [6.45, 7) is 2.54. The van der Waals surface area contributed by atoms with Crippen molar-refractivity contribution in [1.82, 2.24) is 0 Å². The molecule has 16 nitrogen and oxygen atoms in total. The lowest BCUT2D eigenvalue weighted by Gasteiger charge is -2.21. The monoisotopic (exact) mass is 1320 g/mol. The number of carbonyl (C=O) groups is 3. The number of phosphoric acid groups is 2. The minimum Gasteiger partial charge on any atom is -0.463 e. The molecule has 0 aliphatic heterocycles. The molecule has 0 aromatic rings. The van der Waals surface area contributed by atoms with Gasteiger partial charge in [-0.3, -0.25) is 32.5 Å². The van der Waals surface area contributed by atoms with Gasteiger partial charge in [0.1, 0.15) is 25.4 Å². The van der Waals surface area contributed by atoms with Crippen LogP contribution in [-0.4, -0.2) is 95.9 Å². The van der Waals surface area contributed by atoms with Crippen molar-refractivity contribution in [2.24, 2.45) is 0 Å². The van der Waals surface area contributed by atoms with Crippen LogP contribution in [0.3, 0.4) is 0 Å². The Bertz CT molecular complexity index is 2100. The number of phosphoric ester groups is 2. The molecule has 0 aliphatic rings. The van der Waals surface area contributed by atoms with Gasteiger partial charge in [0.2, 0.25) is 0 Å². The van der Waals surface area contributed by atoms with E-state index in [-0.39, 0.29) is 19.3 Å². The summed E-state index contributed by atoms with van der Waals surface area (Å²) in [5, 5.41) is 20.5. The molecule has 0 aromatic carbocycles. The lowest BCUT2D eigenvalue weighted by atomic mass is 10.1. The third-order valence-electron chi connectivity index (χ3n) is 14.4. The summed E-state index contributed by atoms with van der Waals surface area (Å²) in [6.07, 6.45) is 74.2. The van der Waals surface area contributed by atoms with Crippen LogP contribution in [0.4, 0.5) is 0 Å². The Kier molecular flexibility index (Phi) is 63.5. The van der Waals surface area contributed by atoms with E-state index in [4.69, 9.17) is 32.3 Å². The fourth-order valence-electron chi connectivity index (χ4n) is 9.00. The zero-order valence-electron chi connectivity index (χ0n) is 56.7. The maximum absolute atomic E-state index is 12.9. The molecule has 5 atom stereocenters. The van der Waals surface area contributed by atoms with E-state index < -0.39 is 91.5 Å². The molecule has 0 rings (SSSR count). The second-order valence-corrected chi connectivity index (χ2v) is 26.2. The quantitative estimate of drug-likeness (QED) is 0.0146. The van der Waals surface area contributed by atoms with Gasteiger partial charge in [0.05, 0.1) is 26.4 Å². The molecular formula is C73H126O16P2. The van der Waals surface area contributed by atoms with Gasteiger partial charge in [0.25, 0.3) is 0 Å². The molecule has 524 valence electrons. The molecule has 5 unspecified atom stereocenters. The Hall–Kier alpha value is -3.79. The largest absolute Gasteiger partial charge is 0.472 e. The molecule has 0 fully saturated rings. The Labute approximate surface area is 551 Å². The topological polar surface area (TPSA) is 231 Å². The van der Waals surface area contributed by atoms with Gasteiger partial charge in [-0.1, -0.05) is 233 Å². The minimum atomic E-state index is -4.93. The molecule has 0 amide bonds. The Morgan fingerprint density at radius 1 is 0.308 bits per heavy atom. The van der Waals surface area contributed by atoms with Crippen molar-refractivity contribution in [3.8, 4) is 0 Å². The molecule has 0 radical (unpaired) electrons. The first-order valence-corrected chi connectivity index (χ1v) is 38.2. The highest BCUT2D eigenvalue weighted by Gasteiger charge is 2.29. The highest BCUT2D eigenvalue weighted by Crippen LogP contribution is 2.45. The zero-order chi connectivity index (χ0) is 66.7. The number of hydrogen-bond acceptors (Lipinski definition) is 14. The summed E-state index contributed by atoms with van der Waals surface area (Å²) in [4.78, 5) is 58.4. The third-order valence-corrected chi connectivity index (χ3v) is 16.3. The predicted octanol–water partition coefficient (Wildman–Crippen LogP) is 19.6. The first kappa shape index (κ1) is 87.2. The lowest BCUT2D eigenvalue weighted by molar-refractivity contribution is -0.161. The normalized spacial score (nSPS) is 14.8. The van der Waals surface area contributed by atoms with E-state index in [0.29, 0.717) is 19.3 Å². The summed E-state index contributed by atoms with van der Waals surface area (Å²) < 4.78 is 60.9. The van der Waals surface area contributed by atoms with E-state index in [9.17, 15) is 43.5 Å². The van der Waals surface area contributed by atoms with Gasteiger partial charge < -0.3 is 34.2 Å². The Morgan fingerprint density at radius 2 is 0.549 bits per heavy atom. The van der Waals surface area contributed by atoms with Gasteiger partial charge in [-0.25, -0.2) is 9.13 Å². The van der Waals surface area contributed by atoms with Crippen molar-refractivity contribution in [2.75, 3.05) is 39.6 Å². The fraction of sp³-hybridized carbons (Fsp3) is 0.712. The average molecular weight is 1320 g/mol. The van der Waals surface area contributed by atoms with Crippen molar-refractivity contribution in [2.45, 2.75) is 296 Å². The predicted molar refractivity (Wildman–Crippen MR) is 371 cm³/mol. The molecule has 4 N–H and O–H groups in total. The van der Waals surface area contributed by atoms with Crippen molar-refractivity contribution >= 4 is 33.6 Å². The van der Waals surface area contributed by atoms with Crippen molar-refractivity contribution < 1.29 is 75.8 Å². The standard InChI is InChI=1S/C73H126O16P2/c1-4-7-10-13-16-19-22-25-27-29-31-33-35-37-39-42-44-47-50-53-56-59-71(76)83-62-68(74)63-85-90(79,80)86-64-69(75)65-87-91(81,82)88-67-70(89-73(78)61-58-55-52-49-46-41-24-21-18-15-12-9-6-3)66-84-72(77)60-57-54-51-48-45-43-40-38-36-34-32-30-28-26-23-20-17-14-11-8-5-2/h16-17,19-21,24-28,31-34,37-40,68-70,74-75H,4-15,18,22-23,29-30,35-36,41-67H2,1-3H3,(H,79,80)(H,81,82)/b19-16-,20-17-,24-21-,27-25-,28-26-,33-31-,34-32-,39-37-,40-38-. The van der Waals surface area contributed by atoms with Crippen LogP contribution in [0.1, 0.15) is 278 Å². The molecule has 18 heteroatoms. The summed E-state index contributed by atoms with van der Waals surface area (Å²) in [5.41, 5.74) is 0. The number of hydrogen-bond donors (Lipinski definition) is 4. The van der Waals surface area contributed by atoms with Gasteiger partial charge >= 0.3 is 33.6 Å². The first-order chi connectivity index (χ1) is 44.2. The van der Waals surface area contributed by atoms with Crippen molar-refractivity contribution in [1.29, 1.82) is 0 Å². The number of allylic oxidation sites excluding steroid dienone is 18. The molecule has 0 aromatic heterocycles. The minimum absolute atomic E-state index is 0.0878. The van der Waals surface area contributed by atoms with Crippen molar-refractivity contribution in [3.05, 3.63) is 109 Å². The number of ether oxygens (including phenoxy) is 3. The van der Waals surface area contributed by atoms with Crippen LogP contribution in [0.5, 0.6) is 0 Å². The maximum atomic E-state index is 12.9. The van der Waals surface area contributed by atoms with Gasteiger partial charge in [0.15, 0.2) is 6.10 Å². The average Bonchev–Trinajstić information content (AvgIpc) is 3.75. The van der Waals surface area contributed by atoms with E-state index >= 15 is 0 Å². The molecule has 0 spiro atoms. The molecular weight excluding hydrogens is 1190 g/mol. The maximum Gasteiger partial charge on any atom is 0.472 e. The summed E-state index contributed by atoms with van der Waals surface area (Å²) in [5.74, 6) is -1.62. The van der Waals surface area contributed by atoms with Crippen LogP contribution in [0.2, 0.25) is 0 Å². The van der Waals surface area contributed by atoms with E-state index in [0.717, 1.165) is 141 Å². The highest BCUT2D eigenvalue weighted by atomic mass is 31.2. The van der Waals surface area contributed by atoms with Gasteiger partial charge in [0, 0.05) is 19.3 Å². The first-order valence-electron chi connectivity index (χ1n) is 35.2. The number of aliphatic hydroxyl groups excluding tert-OH is 2. The van der Waals surface area contributed by atoms with E-state index in [1.807, 2.05) is 0 Å². The lowest BCUT2D eigenvalue weighted by Crippen LogP contribution is -2.30. The fourth-order valence-corrected chi connectivity index (χ4v) is 10.6. The van der Waals surface area contributed by atoms with Crippen LogP contribution in [-0.2, 0) is 55.8 Å². The second kappa shape index (κ2) is 66.2. The number of rotatable bonds is 66. The third kappa shape index (κ3) is 67.4. The van der Waals surface area contributed by atoms with Gasteiger partial charge in [-0.05, 0) is 135 Å². The molecule has 0 heterocycles. The molecule has 91 heavy (non-hydrogen) atoms. The highest BCUT2D eigenvalue weighted by molar-refractivity contribution is 7.47. The van der Waals surface area contributed by atoms with Crippen molar-refractivity contribution in [3.63, 3.8) is 0 Å². The summed E-state index contributed by atoms with van der Waals surface area (Å²) in [6, 6.07) is 0. The van der Waals surface area contributed by atoms with Crippen LogP contribution >= 0.6 is 15.6 Å². The van der Waals surface area contributed by atoms with E-state index in [1.54, 1.807) is 0 Å². The number of carbonyl (C=O) groups excluding carboxylic acids is 3. The van der Waals surface area contributed by atoms with Crippen LogP contribution in [0, 0.1) is 0 Å². The zero-order valence-corrected chi connectivity index (χ0v) is 58.5. The van der Waals surface area contributed by atoms with Crippen LogP contribution in [0.25, 0.3) is 0 Å². The van der Waals surface area contributed by atoms with Gasteiger partial charge in [-0.2, -0.15) is 0 Å². The molecule has 0 saturated carbocycles. The number of aliphatic hydroxyl groups is 2. The Morgan fingerprint density at radius 3 is 0.901 bits per heavy atom. The Balaban J connectivity index is 4.67. The van der Waals surface area contributed by atoms with E-state index in [2.05, 4.69) is 130 Å². The SMILES string of the molecule is CCCCC/C=C\C/C=C\C/C=C\C/C=C\CCCCCCCC(=O)OCC(O)COP(=O)(O)OCC(O)COP(=O)(O)OCC(COC(=O)CCCCCCC/C=C\C/C=C\C/C=C\C/C=C\CCCCC)OC(=O)CCCCCCC/C=C\CCCCCC. The number of esters is 3. The number of unbranched alkanes of at least 4 members (excludes halogenated alkanes) is 25. The molecule has 0 aliphatic carbocycles. The summed E-state index contributed by atoms with van der Waals surface area (Å²) in [7, 11) is -9.79. The van der Waals surface area contributed by atoms with Crippen LogP contribution in [0.15, 0.2) is 109 Å². The molecule has 0 bridgehead atoms. The van der Waals surface area contributed by atoms with Crippen LogP contribution < -0.4 is 0 Å². The summed E-state index contributed by atoms with van der Waals surface area (Å²) >= 11 is 0. The smallest absolute Gasteiger partial charge is 0.463 e. The van der Waals surface area contributed by atoms with Gasteiger partial charge in [-0.15, -0.1) is 0 Å². The van der Waals surface area contributed by atoms with E-state index in [1.165, 1.54) is 77.0 Å². The second-order valence-electron chi connectivity index (χ2n) is 23.3. The molecule has 0 saturated heterocycles.